The number of imidazole rings is 1. The van der Waals surface area contributed by atoms with Crippen molar-refractivity contribution >= 4 is 29.0 Å². The van der Waals surface area contributed by atoms with Gasteiger partial charge in [0.05, 0.1) is 10.7 Å². The van der Waals surface area contributed by atoms with E-state index in [-0.39, 0.29) is 12.1 Å². The van der Waals surface area contributed by atoms with Crippen LogP contribution in [0.3, 0.4) is 0 Å². The molecule has 0 aliphatic carbocycles. The maximum Gasteiger partial charge on any atom is 0.410 e. The number of hydrogen-bond donors (Lipinski definition) is 1. The van der Waals surface area contributed by atoms with Gasteiger partial charge in [0.2, 0.25) is 0 Å². The van der Waals surface area contributed by atoms with Crippen molar-refractivity contribution in [1.82, 2.24) is 14.3 Å². The molecule has 2 aromatic heterocycles. The number of ether oxygens (including phenoxy) is 1. The summed E-state index contributed by atoms with van der Waals surface area (Å²) < 4.78 is 7.53. The van der Waals surface area contributed by atoms with Crippen LogP contribution in [0.5, 0.6) is 0 Å². The second-order valence-electron chi connectivity index (χ2n) is 8.49. The number of pyridine rings is 1. The van der Waals surface area contributed by atoms with Crippen LogP contribution >= 0.6 is 11.6 Å². The normalized spacial score (nSPS) is 16.2. The Hall–Kier alpha value is -1.95. The Morgan fingerprint density at radius 1 is 1.33 bits per heavy atom. The smallest absolute Gasteiger partial charge is 0.410 e. The fourth-order valence-corrected chi connectivity index (χ4v) is 3.56. The largest absolute Gasteiger partial charge is 0.444 e. The van der Waals surface area contributed by atoms with Gasteiger partial charge in [-0.15, -0.1) is 0 Å². The summed E-state index contributed by atoms with van der Waals surface area (Å²) in [5.74, 6) is 0.364. The average molecular weight is 393 g/mol. The molecule has 0 atom stereocenters. The Bertz CT molecular complexity index is 817. The molecule has 3 heterocycles. The van der Waals surface area contributed by atoms with Gasteiger partial charge < -0.3 is 19.4 Å². The first-order chi connectivity index (χ1) is 12.6. The molecule has 1 fully saturated rings. The molecule has 3 rings (SSSR count). The van der Waals surface area contributed by atoms with E-state index in [1.54, 1.807) is 4.90 Å². The first-order valence-corrected chi connectivity index (χ1v) is 9.93. The van der Waals surface area contributed by atoms with E-state index < -0.39 is 5.60 Å². The predicted molar refractivity (Wildman–Crippen MR) is 109 cm³/mol. The van der Waals surface area contributed by atoms with Gasteiger partial charge in [-0.25, -0.2) is 9.78 Å². The first-order valence-electron chi connectivity index (χ1n) is 9.55. The predicted octanol–water partition coefficient (Wildman–Crippen LogP) is 4.92. The van der Waals surface area contributed by atoms with Crippen LogP contribution in [0.1, 0.15) is 59.1 Å². The summed E-state index contributed by atoms with van der Waals surface area (Å²) in [6, 6.07) is 2.19. The number of piperidine rings is 1. The number of nitrogens with one attached hydrogen (secondary N) is 1. The molecule has 1 amide bonds. The van der Waals surface area contributed by atoms with Gasteiger partial charge >= 0.3 is 6.09 Å². The maximum absolute atomic E-state index is 12.2. The Labute approximate surface area is 165 Å². The van der Waals surface area contributed by atoms with Gasteiger partial charge in [0, 0.05) is 37.2 Å². The van der Waals surface area contributed by atoms with Crippen LogP contribution in [-0.2, 0) is 4.74 Å². The molecule has 148 valence electrons. The third kappa shape index (κ3) is 4.67. The van der Waals surface area contributed by atoms with Crippen LogP contribution in [0.15, 0.2) is 18.5 Å². The van der Waals surface area contributed by atoms with E-state index in [4.69, 9.17) is 16.3 Å². The molecule has 6 nitrogen and oxygen atoms in total. The zero-order valence-corrected chi connectivity index (χ0v) is 17.5. The number of fused-ring (bicyclic) bond motifs is 1. The number of likely N-dealkylation sites (tertiary alicyclic amines) is 1. The lowest BCUT2D eigenvalue weighted by Gasteiger charge is -2.34. The van der Waals surface area contributed by atoms with Crippen molar-refractivity contribution in [3.8, 4) is 0 Å². The number of rotatable bonds is 3. The number of nitrogens with zero attached hydrogens (tertiary/aromatic N) is 3. The number of carbonyl (C=O) groups is 1. The van der Waals surface area contributed by atoms with Crippen molar-refractivity contribution in [3.05, 3.63) is 29.2 Å². The van der Waals surface area contributed by atoms with Gasteiger partial charge in [-0.1, -0.05) is 25.4 Å². The van der Waals surface area contributed by atoms with Crippen LogP contribution in [0.25, 0.3) is 5.65 Å². The number of carbonyl (C=O) groups excluding carboxylic acids is 1. The number of amides is 1. The third-order valence-electron chi connectivity index (χ3n) is 4.70. The lowest BCUT2D eigenvalue weighted by atomic mass is 10.1. The van der Waals surface area contributed by atoms with Crippen LogP contribution in [0.2, 0.25) is 5.02 Å². The van der Waals surface area contributed by atoms with Crippen LogP contribution < -0.4 is 5.32 Å². The molecule has 0 bridgehead atoms. The molecule has 0 spiro atoms. The fourth-order valence-electron chi connectivity index (χ4n) is 3.36. The molecule has 0 saturated carbocycles. The second kappa shape index (κ2) is 7.58. The number of halogens is 1. The average Bonchev–Trinajstić information content (AvgIpc) is 2.98. The van der Waals surface area contributed by atoms with Gasteiger partial charge in [0.15, 0.2) is 5.65 Å². The fraction of sp³-hybridized carbons (Fsp3) is 0.600. The minimum Gasteiger partial charge on any atom is -0.444 e. The molecule has 7 heteroatoms. The van der Waals surface area contributed by atoms with E-state index in [1.807, 2.05) is 39.2 Å². The minimum absolute atomic E-state index is 0.235. The van der Waals surface area contributed by atoms with Crippen molar-refractivity contribution in [1.29, 1.82) is 0 Å². The van der Waals surface area contributed by atoms with Crippen molar-refractivity contribution in [2.24, 2.45) is 0 Å². The molecule has 1 aliphatic heterocycles. The summed E-state index contributed by atoms with van der Waals surface area (Å²) in [6.07, 6.45) is 5.30. The maximum atomic E-state index is 12.2. The molecule has 0 radical (unpaired) electrons. The topological polar surface area (TPSA) is 58.9 Å². The summed E-state index contributed by atoms with van der Waals surface area (Å²) in [5, 5.41) is 4.26. The molecule has 1 N–H and O–H groups in total. The molecular formula is C20H29ClN4O2. The number of anilines is 1. The molecule has 1 saturated heterocycles. The third-order valence-corrected chi connectivity index (χ3v) is 4.91. The highest BCUT2D eigenvalue weighted by Gasteiger charge is 2.27. The summed E-state index contributed by atoms with van der Waals surface area (Å²) in [7, 11) is 0. The van der Waals surface area contributed by atoms with Gasteiger partial charge in [-0.05, 0) is 45.6 Å². The van der Waals surface area contributed by atoms with Gasteiger partial charge in [0.1, 0.15) is 5.60 Å². The van der Waals surface area contributed by atoms with Crippen LogP contribution in [0.4, 0.5) is 10.5 Å². The number of hydrogen-bond acceptors (Lipinski definition) is 4. The van der Waals surface area contributed by atoms with Gasteiger partial charge in [0.25, 0.3) is 0 Å². The van der Waals surface area contributed by atoms with E-state index in [0.717, 1.165) is 29.9 Å². The van der Waals surface area contributed by atoms with E-state index >= 15 is 0 Å². The van der Waals surface area contributed by atoms with Gasteiger partial charge in [-0.3, -0.25) is 0 Å². The summed E-state index contributed by atoms with van der Waals surface area (Å²) in [4.78, 5) is 18.6. The Morgan fingerprint density at radius 3 is 2.59 bits per heavy atom. The SMILES string of the molecule is CC(C)c1cnc2c(NC3CCN(C(=O)OC(C)(C)C)CC3)cc(Cl)cn12. The molecule has 0 unspecified atom stereocenters. The highest BCUT2D eigenvalue weighted by molar-refractivity contribution is 6.30. The molecule has 0 aromatic carbocycles. The molecule has 1 aliphatic rings. The van der Waals surface area contributed by atoms with Gasteiger partial charge in [-0.2, -0.15) is 0 Å². The van der Waals surface area contributed by atoms with E-state index in [2.05, 4.69) is 28.5 Å². The lowest BCUT2D eigenvalue weighted by molar-refractivity contribution is 0.0210. The highest BCUT2D eigenvalue weighted by atomic mass is 35.5. The Balaban J connectivity index is 1.68. The first kappa shape index (κ1) is 19.8. The van der Waals surface area contributed by atoms with Crippen molar-refractivity contribution in [3.63, 3.8) is 0 Å². The Morgan fingerprint density at radius 2 is 2.00 bits per heavy atom. The van der Waals surface area contributed by atoms with Crippen LogP contribution in [0, 0.1) is 0 Å². The monoisotopic (exact) mass is 392 g/mol. The number of aromatic nitrogens is 2. The van der Waals surface area contributed by atoms with E-state index in [1.165, 1.54) is 0 Å². The van der Waals surface area contributed by atoms with E-state index in [9.17, 15) is 4.79 Å². The van der Waals surface area contributed by atoms with Crippen molar-refractivity contribution in [2.45, 2.75) is 65.0 Å². The second-order valence-corrected chi connectivity index (χ2v) is 8.93. The lowest BCUT2D eigenvalue weighted by Crippen LogP contribution is -2.44. The van der Waals surface area contributed by atoms with Crippen LogP contribution in [-0.4, -0.2) is 45.1 Å². The summed E-state index contributed by atoms with van der Waals surface area (Å²) in [6.45, 7) is 11.3. The van der Waals surface area contributed by atoms with Crippen molar-refractivity contribution in [2.75, 3.05) is 18.4 Å². The zero-order valence-electron chi connectivity index (χ0n) is 16.8. The minimum atomic E-state index is -0.465. The standard InChI is InChI=1S/C20H29ClN4O2/c1-13(2)17-11-22-18-16(10-14(21)12-25(17)18)23-15-6-8-24(9-7-15)19(26)27-20(3,4)5/h10-13,15,23H,6-9H2,1-5H3. The quantitative estimate of drug-likeness (QED) is 0.805. The summed E-state index contributed by atoms with van der Waals surface area (Å²) in [5.41, 5.74) is 2.49. The molecular weight excluding hydrogens is 364 g/mol. The highest BCUT2D eigenvalue weighted by Crippen LogP contribution is 2.27. The molecule has 2 aromatic rings. The molecule has 27 heavy (non-hydrogen) atoms. The Kier molecular flexibility index (Phi) is 5.56. The zero-order chi connectivity index (χ0) is 19.8. The van der Waals surface area contributed by atoms with E-state index in [0.29, 0.717) is 24.0 Å². The summed E-state index contributed by atoms with van der Waals surface area (Å²) >= 11 is 6.34. The van der Waals surface area contributed by atoms with Crippen molar-refractivity contribution < 1.29 is 9.53 Å².